The summed E-state index contributed by atoms with van der Waals surface area (Å²) >= 11 is 3.14. The van der Waals surface area contributed by atoms with Gasteiger partial charge in [-0.15, -0.1) is 0 Å². The van der Waals surface area contributed by atoms with Gasteiger partial charge in [0.15, 0.2) is 0 Å². The number of nitrogens with zero attached hydrogens (tertiary/aromatic N) is 2. The van der Waals surface area contributed by atoms with E-state index in [-0.39, 0.29) is 63.0 Å². The Morgan fingerprint density at radius 1 is 0.639 bits per heavy atom. The fourth-order valence-corrected chi connectivity index (χ4v) is 4.11. The molecule has 0 aliphatic heterocycles. The number of carbonyl (C=O) groups excluding carboxylic acids is 4. The lowest BCUT2D eigenvalue weighted by molar-refractivity contribution is -0.154. The predicted octanol–water partition coefficient (Wildman–Crippen LogP) is 1.80. The number of esters is 4. The van der Waals surface area contributed by atoms with E-state index in [1.165, 1.54) is 0 Å². The van der Waals surface area contributed by atoms with Crippen LogP contribution in [-0.2, 0) is 38.1 Å². The van der Waals surface area contributed by atoms with E-state index in [1.807, 2.05) is 36.4 Å². The number of ether oxygens (including phenoxy) is 4. The molecule has 0 aromatic carbocycles. The molecule has 0 N–H and O–H groups in total. The Labute approximate surface area is 224 Å². The van der Waals surface area contributed by atoms with Gasteiger partial charge in [0.05, 0.1) is 24.7 Å². The number of hydrogen-bond donors (Lipinski definition) is 0. The van der Waals surface area contributed by atoms with Crippen LogP contribution in [0.25, 0.3) is 0 Å². The Morgan fingerprint density at radius 2 is 1.03 bits per heavy atom. The molecule has 0 aromatic rings. The van der Waals surface area contributed by atoms with E-state index < -0.39 is 11.9 Å². The Bertz CT molecular complexity index is 604. The highest BCUT2D eigenvalue weighted by Crippen LogP contribution is 2.07. The lowest BCUT2D eigenvalue weighted by atomic mass is 10.2. The summed E-state index contributed by atoms with van der Waals surface area (Å²) in [6.07, 6.45) is 4.16. The molecule has 0 amide bonds. The van der Waals surface area contributed by atoms with Gasteiger partial charge in [0.25, 0.3) is 0 Å². The third-order valence-corrected chi connectivity index (χ3v) is 6.61. The van der Waals surface area contributed by atoms with Crippen molar-refractivity contribution in [1.82, 2.24) is 9.80 Å². The van der Waals surface area contributed by atoms with Crippen molar-refractivity contribution in [2.45, 2.75) is 26.7 Å². The second kappa shape index (κ2) is 21.6. The molecule has 0 spiro atoms. The third-order valence-electron chi connectivity index (χ3n) is 4.95. The summed E-state index contributed by atoms with van der Waals surface area (Å²) in [7, 11) is 3.90. The Balaban J connectivity index is 4.25. The molecule has 0 bridgehead atoms. The SMILES string of the molecule is CSCC(C)C(=O)OCCOC(=O)CCN(CCC(=O)OCCOC(=O)C(C)CSC)CCN(C)C. The van der Waals surface area contributed by atoms with Gasteiger partial charge in [-0.2, -0.15) is 23.5 Å². The highest BCUT2D eigenvalue weighted by atomic mass is 32.2. The number of likely N-dealkylation sites (N-methyl/N-ethyl adjacent to an activating group) is 1. The number of thioether (sulfide) groups is 2. The zero-order valence-electron chi connectivity index (χ0n) is 22.6. The average Bonchev–Trinajstić information content (AvgIpc) is 2.83. The summed E-state index contributed by atoms with van der Waals surface area (Å²) in [6.45, 7) is 5.98. The van der Waals surface area contributed by atoms with Gasteiger partial charge in [0.1, 0.15) is 26.4 Å². The molecule has 36 heavy (non-hydrogen) atoms. The summed E-state index contributed by atoms with van der Waals surface area (Å²) in [5.74, 6) is -0.417. The summed E-state index contributed by atoms with van der Waals surface area (Å²) in [5, 5.41) is 0. The maximum absolute atomic E-state index is 12.1. The van der Waals surface area contributed by atoms with Crippen molar-refractivity contribution < 1.29 is 38.1 Å². The minimum atomic E-state index is -0.391. The van der Waals surface area contributed by atoms with Gasteiger partial charge >= 0.3 is 23.9 Å². The van der Waals surface area contributed by atoms with Crippen molar-refractivity contribution in [2.75, 3.05) is 90.7 Å². The molecule has 12 heteroatoms. The van der Waals surface area contributed by atoms with Crippen molar-refractivity contribution >= 4 is 47.4 Å². The summed E-state index contributed by atoms with van der Waals surface area (Å²) in [6, 6.07) is 0. The van der Waals surface area contributed by atoms with Crippen molar-refractivity contribution in [3.8, 4) is 0 Å². The fraction of sp³-hybridized carbons (Fsp3) is 0.833. The molecule has 2 unspecified atom stereocenters. The second-order valence-electron chi connectivity index (χ2n) is 8.63. The van der Waals surface area contributed by atoms with Gasteiger partial charge in [-0.1, -0.05) is 13.8 Å². The van der Waals surface area contributed by atoms with Crippen LogP contribution in [0.1, 0.15) is 26.7 Å². The normalized spacial score (nSPS) is 12.8. The van der Waals surface area contributed by atoms with Crippen LogP contribution in [0, 0.1) is 11.8 Å². The predicted molar refractivity (Wildman–Crippen MR) is 143 cm³/mol. The van der Waals surface area contributed by atoms with Gasteiger partial charge in [0, 0.05) is 37.7 Å². The van der Waals surface area contributed by atoms with Gasteiger partial charge in [-0.05, 0) is 26.6 Å². The monoisotopic (exact) mass is 552 g/mol. The molecule has 2 atom stereocenters. The standard InChI is InChI=1S/C24H44N2O8S2/c1-19(17-35-5)23(29)33-15-13-31-21(27)7-9-26(12-11-25(3)4)10-8-22(28)32-14-16-34-24(30)20(2)18-36-6/h19-20H,7-18H2,1-6H3. The van der Waals surface area contributed by atoms with Crippen molar-refractivity contribution in [3.63, 3.8) is 0 Å². The summed E-state index contributed by atoms with van der Waals surface area (Å²) < 4.78 is 20.5. The average molecular weight is 553 g/mol. The highest BCUT2D eigenvalue weighted by Gasteiger charge is 2.16. The van der Waals surface area contributed by atoms with Crippen LogP contribution in [0.3, 0.4) is 0 Å². The molecule has 0 aliphatic rings. The Kier molecular flexibility index (Phi) is 20.7. The van der Waals surface area contributed by atoms with Gasteiger partial charge in [-0.25, -0.2) is 0 Å². The fourth-order valence-electron chi connectivity index (χ4n) is 2.84. The minimum absolute atomic E-state index is 0.0151. The first-order valence-electron chi connectivity index (χ1n) is 12.1. The number of carbonyl (C=O) groups is 4. The molecule has 0 aliphatic carbocycles. The van der Waals surface area contributed by atoms with Crippen molar-refractivity contribution in [3.05, 3.63) is 0 Å². The molecule has 0 aromatic heterocycles. The number of hydrogen-bond acceptors (Lipinski definition) is 12. The van der Waals surface area contributed by atoms with Crippen LogP contribution in [-0.4, -0.2) is 124 Å². The van der Waals surface area contributed by atoms with E-state index in [4.69, 9.17) is 18.9 Å². The molecule has 0 saturated heterocycles. The maximum atomic E-state index is 12.1. The molecule has 10 nitrogen and oxygen atoms in total. The zero-order chi connectivity index (χ0) is 27.3. The van der Waals surface area contributed by atoms with Crippen LogP contribution in [0.5, 0.6) is 0 Å². The largest absolute Gasteiger partial charge is 0.462 e. The zero-order valence-corrected chi connectivity index (χ0v) is 24.2. The first-order chi connectivity index (χ1) is 17.1. The lowest BCUT2D eigenvalue weighted by Gasteiger charge is -2.23. The molecule has 0 fully saturated rings. The van der Waals surface area contributed by atoms with E-state index in [0.29, 0.717) is 31.1 Å². The molecular weight excluding hydrogens is 508 g/mol. The van der Waals surface area contributed by atoms with E-state index in [0.717, 1.165) is 6.54 Å². The van der Waals surface area contributed by atoms with Crippen LogP contribution in [0.15, 0.2) is 0 Å². The van der Waals surface area contributed by atoms with E-state index >= 15 is 0 Å². The lowest BCUT2D eigenvalue weighted by Crippen LogP contribution is -2.35. The molecule has 0 heterocycles. The maximum Gasteiger partial charge on any atom is 0.309 e. The van der Waals surface area contributed by atoms with Gasteiger partial charge in [0.2, 0.25) is 0 Å². The minimum Gasteiger partial charge on any atom is -0.462 e. The topological polar surface area (TPSA) is 112 Å². The quantitative estimate of drug-likeness (QED) is 0.118. The number of rotatable bonds is 21. The summed E-state index contributed by atoms with van der Waals surface area (Å²) in [5.41, 5.74) is 0. The second-order valence-corrected chi connectivity index (χ2v) is 10.5. The van der Waals surface area contributed by atoms with Gasteiger partial charge < -0.3 is 28.7 Å². The van der Waals surface area contributed by atoms with Crippen LogP contribution in [0.4, 0.5) is 0 Å². The van der Waals surface area contributed by atoms with Crippen molar-refractivity contribution in [2.24, 2.45) is 11.8 Å². The van der Waals surface area contributed by atoms with E-state index in [2.05, 4.69) is 0 Å². The first-order valence-corrected chi connectivity index (χ1v) is 14.9. The third kappa shape index (κ3) is 18.7. The van der Waals surface area contributed by atoms with Crippen LogP contribution in [0.2, 0.25) is 0 Å². The van der Waals surface area contributed by atoms with Crippen molar-refractivity contribution in [1.29, 1.82) is 0 Å². The van der Waals surface area contributed by atoms with Crippen LogP contribution >= 0.6 is 23.5 Å². The van der Waals surface area contributed by atoms with Crippen LogP contribution < -0.4 is 0 Å². The van der Waals surface area contributed by atoms with E-state index in [9.17, 15) is 19.2 Å². The molecule has 210 valence electrons. The highest BCUT2D eigenvalue weighted by molar-refractivity contribution is 7.98. The van der Waals surface area contributed by atoms with Gasteiger partial charge in [-0.3, -0.25) is 19.2 Å². The molecule has 0 saturated carbocycles. The molecule has 0 radical (unpaired) electrons. The first kappa shape index (κ1) is 34.5. The van der Waals surface area contributed by atoms with E-state index in [1.54, 1.807) is 37.4 Å². The molecular formula is C24H44N2O8S2. The molecule has 0 rings (SSSR count). The smallest absolute Gasteiger partial charge is 0.309 e. The summed E-state index contributed by atoms with van der Waals surface area (Å²) in [4.78, 5) is 51.7. The Morgan fingerprint density at radius 3 is 1.39 bits per heavy atom. The Hall–Kier alpha value is -1.50.